The number of hydrogen-bond donors (Lipinski definition) is 2. The summed E-state index contributed by atoms with van der Waals surface area (Å²) in [4.78, 5) is 29.9. The van der Waals surface area contributed by atoms with Crippen LogP contribution in [-0.4, -0.2) is 30.3 Å². The summed E-state index contributed by atoms with van der Waals surface area (Å²) in [6, 6.07) is 12.1. The first-order valence-corrected chi connectivity index (χ1v) is 7.49. The molecule has 2 N–H and O–H groups in total. The smallest absolute Gasteiger partial charge is 0.433 e. The lowest BCUT2D eigenvalue weighted by Gasteiger charge is -2.11. The van der Waals surface area contributed by atoms with E-state index >= 15 is 0 Å². The molecule has 0 atom stereocenters. The second kappa shape index (κ2) is 7.00. The number of carbonyl (C=O) groups excluding carboxylic acids is 1. The molecule has 8 heteroatoms. The third-order valence-corrected chi connectivity index (χ3v) is 3.66. The molecule has 130 valence electrons. The molecule has 0 unspecified atom stereocenters. The van der Waals surface area contributed by atoms with Gasteiger partial charge in [-0.25, -0.2) is 4.79 Å². The molecule has 0 bridgehead atoms. The molecule has 1 amide bonds. The summed E-state index contributed by atoms with van der Waals surface area (Å²) in [7, 11) is 3.09. The van der Waals surface area contributed by atoms with Gasteiger partial charge in [-0.15, -0.1) is 0 Å². The average molecular weight is 343 g/mol. The molecule has 1 heterocycles. The highest BCUT2D eigenvalue weighted by Crippen LogP contribution is 2.24. The molecule has 3 rings (SSSR count). The lowest BCUT2D eigenvalue weighted by Crippen LogP contribution is -2.36. The Morgan fingerprint density at radius 3 is 2.68 bits per heavy atom. The first-order chi connectivity index (χ1) is 12.1. The molecule has 0 saturated carbocycles. The highest BCUT2D eigenvalue weighted by Gasteiger charge is 2.12. The van der Waals surface area contributed by atoms with Crippen molar-refractivity contribution in [2.24, 2.45) is 0 Å². The molecule has 0 aliphatic heterocycles. The van der Waals surface area contributed by atoms with Gasteiger partial charge >= 0.3 is 11.7 Å². The van der Waals surface area contributed by atoms with E-state index in [1.54, 1.807) is 49.6 Å². The average Bonchev–Trinajstić information content (AvgIpc) is 2.95. The van der Waals surface area contributed by atoms with E-state index in [9.17, 15) is 9.59 Å². The number of H-pyrrole nitrogens is 1. The Bertz CT molecular complexity index is 960. The molecule has 0 aliphatic carbocycles. The van der Waals surface area contributed by atoms with E-state index < -0.39 is 11.7 Å². The Kier molecular flexibility index (Phi) is 4.60. The Labute approximate surface area is 142 Å². The molecule has 0 radical (unpaired) electrons. The maximum absolute atomic E-state index is 12.1. The Balaban J connectivity index is 1.68. The van der Waals surface area contributed by atoms with Crippen molar-refractivity contribution in [3.05, 3.63) is 58.4 Å². The lowest BCUT2D eigenvalue weighted by molar-refractivity contribution is 0.112. The number of carbonyl (C=O) groups is 1. The normalized spacial score (nSPS) is 10.5. The van der Waals surface area contributed by atoms with Crippen molar-refractivity contribution in [3.8, 4) is 11.5 Å². The van der Waals surface area contributed by atoms with Gasteiger partial charge in [0.25, 0.3) is 0 Å². The van der Waals surface area contributed by atoms with E-state index in [0.717, 1.165) is 10.4 Å². The van der Waals surface area contributed by atoms with Crippen molar-refractivity contribution in [3.63, 3.8) is 0 Å². The number of nitrogens with zero attached hydrogens (tertiary/aromatic N) is 1. The SMILES string of the molecule is COc1ccc(CNC(=O)On2[nH]c3ccccc3c2=O)c(OC)c1. The zero-order valence-corrected chi connectivity index (χ0v) is 13.7. The van der Waals surface area contributed by atoms with Gasteiger partial charge in [-0.2, -0.15) is 0 Å². The lowest BCUT2D eigenvalue weighted by atomic mass is 10.2. The number of methoxy groups -OCH3 is 2. The highest BCUT2D eigenvalue weighted by atomic mass is 16.7. The largest absolute Gasteiger partial charge is 0.497 e. The van der Waals surface area contributed by atoms with Crippen molar-refractivity contribution in [1.82, 2.24) is 15.3 Å². The summed E-state index contributed by atoms with van der Waals surface area (Å²) >= 11 is 0. The van der Waals surface area contributed by atoms with Crippen LogP contribution in [-0.2, 0) is 6.54 Å². The summed E-state index contributed by atoms with van der Waals surface area (Å²) in [5.74, 6) is 1.22. The summed E-state index contributed by atoms with van der Waals surface area (Å²) < 4.78 is 10.4. The van der Waals surface area contributed by atoms with Gasteiger partial charge in [0.1, 0.15) is 11.5 Å². The first kappa shape index (κ1) is 16.4. The van der Waals surface area contributed by atoms with Crippen LogP contribution in [0.15, 0.2) is 47.3 Å². The number of fused-ring (bicyclic) bond motifs is 1. The van der Waals surface area contributed by atoms with Gasteiger partial charge in [0, 0.05) is 18.2 Å². The zero-order chi connectivity index (χ0) is 17.8. The van der Waals surface area contributed by atoms with Gasteiger partial charge in [-0.3, -0.25) is 14.7 Å². The summed E-state index contributed by atoms with van der Waals surface area (Å²) in [5, 5.41) is 5.72. The number of amides is 1. The fraction of sp³-hybridized carbons (Fsp3) is 0.176. The van der Waals surface area contributed by atoms with Crippen LogP contribution in [0.1, 0.15) is 5.56 Å². The van der Waals surface area contributed by atoms with Crippen molar-refractivity contribution >= 4 is 17.0 Å². The third-order valence-electron chi connectivity index (χ3n) is 3.66. The molecule has 0 spiro atoms. The summed E-state index contributed by atoms with van der Waals surface area (Å²) in [6.45, 7) is 0.168. The molecular weight excluding hydrogens is 326 g/mol. The van der Waals surface area contributed by atoms with Gasteiger partial charge in [0.2, 0.25) is 0 Å². The Hall–Kier alpha value is -3.42. The predicted molar refractivity (Wildman–Crippen MR) is 90.9 cm³/mol. The van der Waals surface area contributed by atoms with Crippen LogP contribution in [0.5, 0.6) is 11.5 Å². The van der Waals surface area contributed by atoms with Crippen molar-refractivity contribution < 1.29 is 19.1 Å². The maximum atomic E-state index is 12.1. The standard InChI is InChI=1S/C17H17N3O5/c1-23-12-8-7-11(15(9-12)24-2)10-18-17(22)25-20-16(21)13-5-3-4-6-14(13)19-20/h3-9,19H,10H2,1-2H3,(H,18,22). The molecule has 0 fully saturated rings. The molecule has 3 aromatic rings. The Morgan fingerprint density at radius 1 is 1.16 bits per heavy atom. The minimum absolute atomic E-state index is 0.168. The number of para-hydroxylation sites is 1. The molecule has 8 nitrogen and oxygen atoms in total. The quantitative estimate of drug-likeness (QED) is 0.735. The van der Waals surface area contributed by atoms with Crippen LogP contribution in [0.25, 0.3) is 10.9 Å². The minimum atomic E-state index is -0.772. The van der Waals surface area contributed by atoms with Crippen molar-refractivity contribution in [1.29, 1.82) is 0 Å². The second-order valence-corrected chi connectivity index (χ2v) is 5.17. The van der Waals surface area contributed by atoms with Gasteiger partial charge in [-0.1, -0.05) is 17.0 Å². The molecule has 2 aromatic carbocycles. The zero-order valence-electron chi connectivity index (χ0n) is 13.7. The van der Waals surface area contributed by atoms with Gasteiger partial charge in [0.05, 0.1) is 25.1 Å². The fourth-order valence-corrected chi connectivity index (χ4v) is 2.38. The van der Waals surface area contributed by atoms with E-state index in [1.165, 1.54) is 7.11 Å². The summed E-state index contributed by atoms with van der Waals surface area (Å²) in [5.41, 5.74) is 0.883. The minimum Gasteiger partial charge on any atom is -0.497 e. The number of ether oxygens (including phenoxy) is 2. The predicted octanol–water partition coefficient (Wildman–Crippen LogP) is 1.69. The van der Waals surface area contributed by atoms with Crippen LogP contribution in [0.2, 0.25) is 0 Å². The molecule has 0 aliphatic rings. The third kappa shape index (κ3) is 3.42. The van der Waals surface area contributed by atoms with E-state index in [1.807, 2.05) is 0 Å². The number of aromatic nitrogens is 2. The molecule has 1 aromatic heterocycles. The number of aromatic amines is 1. The second-order valence-electron chi connectivity index (χ2n) is 5.17. The highest BCUT2D eigenvalue weighted by molar-refractivity contribution is 5.77. The van der Waals surface area contributed by atoms with Gasteiger partial charge in [0.15, 0.2) is 0 Å². The van der Waals surface area contributed by atoms with Crippen LogP contribution in [0, 0.1) is 0 Å². The topological polar surface area (TPSA) is 94.6 Å². The first-order valence-electron chi connectivity index (χ1n) is 7.49. The maximum Gasteiger partial charge on any atom is 0.433 e. The van der Waals surface area contributed by atoms with Crippen LogP contribution in [0.3, 0.4) is 0 Å². The van der Waals surface area contributed by atoms with E-state index in [4.69, 9.17) is 14.3 Å². The monoisotopic (exact) mass is 343 g/mol. The molecule has 25 heavy (non-hydrogen) atoms. The molecule has 0 saturated heterocycles. The van der Waals surface area contributed by atoms with Crippen LogP contribution < -0.4 is 25.2 Å². The fourth-order valence-electron chi connectivity index (χ4n) is 2.38. The number of benzene rings is 2. The summed E-state index contributed by atoms with van der Waals surface area (Å²) in [6.07, 6.45) is -0.772. The van der Waals surface area contributed by atoms with Crippen molar-refractivity contribution in [2.45, 2.75) is 6.54 Å². The number of hydrogen-bond acceptors (Lipinski definition) is 5. The van der Waals surface area contributed by atoms with Gasteiger partial charge in [-0.05, 0) is 24.3 Å². The molecular formula is C17H17N3O5. The van der Waals surface area contributed by atoms with Crippen LogP contribution >= 0.6 is 0 Å². The van der Waals surface area contributed by atoms with E-state index in [-0.39, 0.29) is 6.54 Å². The number of nitrogens with one attached hydrogen (secondary N) is 2. The Morgan fingerprint density at radius 2 is 1.96 bits per heavy atom. The van der Waals surface area contributed by atoms with Crippen LogP contribution in [0.4, 0.5) is 4.79 Å². The van der Waals surface area contributed by atoms with Crippen molar-refractivity contribution in [2.75, 3.05) is 14.2 Å². The van der Waals surface area contributed by atoms with E-state index in [2.05, 4.69) is 10.4 Å². The number of rotatable bonds is 5. The van der Waals surface area contributed by atoms with Gasteiger partial charge < -0.3 is 14.8 Å². The van der Waals surface area contributed by atoms with E-state index in [0.29, 0.717) is 22.4 Å².